The molecule has 2 heterocycles. The summed E-state index contributed by atoms with van der Waals surface area (Å²) in [5.41, 5.74) is 8.41. The molecule has 0 N–H and O–H groups in total. The second kappa shape index (κ2) is 7.23. The number of hydrogen-bond donors (Lipinski definition) is 0. The molecule has 0 aliphatic rings. The number of rotatable bonds is 3. The van der Waals surface area contributed by atoms with Gasteiger partial charge in [0, 0.05) is 33.4 Å². The minimum atomic E-state index is 1.17. The molecule has 0 aliphatic heterocycles. The Balaban J connectivity index is 1.53. The van der Waals surface area contributed by atoms with Crippen LogP contribution in [-0.4, -0.2) is 9.13 Å². The minimum Gasteiger partial charge on any atom is -0.317 e. The van der Waals surface area contributed by atoms with Crippen molar-refractivity contribution in [1.82, 2.24) is 9.13 Å². The van der Waals surface area contributed by atoms with E-state index in [1.807, 2.05) is 6.20 Å². The molecule has 2 heteroatoms. The lowest BCUT2D eigenvalue weighted by Crippen LogP contribution is -1.94. The molecule has 5 aromatic carbocycles. The van der Waals surface area contributed by atoms with E-state index >= 15 is 0 Å². The summed E-state index contributed by atoms with van der Waals surface area (Å²) in [6, 6.07) is 41.3. The molecule has 0 amide bonds. The highest BCUT2D eigenvalue weighted by molar-refractivity contribution is 6.16. The lowest BCUT2D eigenvalue weighted by atomic mass is 9.99. The second-order valence-corrected chi connectivity index (χ2v) is 8.69. The van der Waals surface area contributed by atoms with Crippen molar-refractivity contribution in [3.05, 3.63) is 122 Å². The fourth-order valence-electron chi connectivity index (χ4n) is 5.50. The third kappa shape index (κ3) is 2.57. The van der Waals surface area contributed by atoms with Crippen LogP contribution in [0, 0.1) is 0 Å². The van der Waals surface area contributed by atoms with Crippen molar-refractivity contribution in [2.45, 2.75) is 0 Å². The van der Waals surface area contributed by atoms with E-state index in [1.54, 1.807) is 0 Å². The average molecular weight is 435 g/mol. The number of para-hydroxylation sites is 3. The summed E-state index contributed by atoms with van der Waals surface area (Å²) in [6.07, 6.45) is 1.91. The third-order valence-electron chi connectivity index (χ3n) is 6.91. The first kappa shape index (κ1) is 19.0. The molecule has 0 aliphatic carbocycles. The zero-order valence-electron chi connectivity index (χ0n) is 18.6. The van der Waals surface area contributed by atoms with Crippen LogP contribution in [0.3, 0.4) is 0 Å². The van der Waals surface area contributed by atoms with E-state index in [-0.39, 0.29) is 0 Å². The van der Waals surface area contributed by atoms with Gasteiger partial charge in [-0.1, -0.05) is 85.4 Å². The normalized spacial score (nSPS) is 11.6. The van der Waals surface area contributed by atoms with Crippen LogP contribution in [0.4, 0.5) is 0 Å². The van der Waals surface area contributed by atoms with Crippen LogP contribution in [0.1, 0.15) is 0 Å². The van der Waals surface area contributed by atoms with Gasteiger partial charge >= 0.3 is 0 Å². The van der Waals surface area contributed by atoms with E-state index in [0.717, 1.165) is 0 Å². The zero-order chi connectivity index (χ0) is 22.6. The van der Waals surface area contributed by atoms with Crippen molar-refractivity contribution in [2.75, 3.05) is 0 Å². The Labute approximate surface area is 197 Å². The van der Waals surface area contributed by atoms with Gasteiger partial charge < -0.3 is 9.13 Å². The van der Waals surface area contributed by atoms with Crippen molar-refractivity contribution in [3.63, 3.8) is 0 Å². The monoisotopic (exact) mass is 434 g/mol. The van der Waals surface area contributed by atoms with E-state index in [4.69, 9.17) is 0 Å². The molecular formula is C32H22N2. The maximum Gasteiger partial charge on any atom is 0.0541 e. The molecule has 34 heavy (non-hydrogen) atoms. The maximum absolute atomic E-state index is 4.07. The van der Waals surface area contributed by atoms with E-state index in [0.29, 0.717) is 0 Å². The number of hydrogen-bond acceptors (Lipinski definition) is 0. The van der Waals surface area contributed by atoms with Gasteiger partial charge in [-0.3, -0.25) is 0 Å². The van der Waals surface area contributed by atoms with Crippen LogP contribution in [0.25, 0.3) is 66.6 Å². The predicted octanol–water partition coefficient (Wildman–Crippen LogP) is 8.66. The summed E-state index contributed by atoms with van der Waals surface area (Å²) in [5.74, 6) is 0. The first-order valence-electron chi connectivity index (χ1n) is 11.6. The smallest absolute Gasteiger partial charge is 0.0541 e. The summed E-state index contributed by atoms with van der Waals surface area (Å²) in [4.78, 5) is 0. The van der Waals surface area contributed by atoms with Crippen LogP contribution in [0.5, 0.6) is 0 Å². The number of fused-ring (bicyclic) bond motifs is 6. The molecule has 2 aromatic heterocycles. The molecule has 0 spiro atoms. The summed E-state index contributed by atoms with van der Waals surface area (Å²) in [6.45, 7) is 4.07. The van der Waals surface area contributed by atoms with Gasteiger partial charge in [0.15, 0.2) is 0 Å². The van der Waals surface area contributed by atoms with E-state index in [2.05, 4.69) is 131 Å². The van der Waals surface area contributed by atoms with Gasteiger partial charge in [0.1, 0.15) is 0 Å². The van der Waals surface area contributed by atoms with E-state index < -0.39 is 0 Å². The molecule has 2 nitrogen and oxygen atoms in total. The van der Waals surface area contributed by atoms with Gasteiger partial charge in [0.25, 0.3) is 0 Å². The van der Waals surface area contributed by atoms with Crippen molar-refractivity contribution in [1.29, 1.82) is 0 Å². The largest absolute Gasteiger partial charge is 0.317 e. The zero-order valence-corrected chi connectivity index (χ0v) is 18.6. The van der Waals surface area contributed by atoms with E-state index in [9.17, 15) is 0 Å². The lowest BCUT2D eigenvalue weighted by Gasteiger charge is -2.11. The first-order chi connectivity index (χ1) is 16.8. The molecule has 160 valence electrons. The predicted molar refractivity (Wildman–Crippen MR) is 146 cm³/mol. The van der Waals surface area contributed by atoms with Gasteiger partial charge in [-0.2, -0.15) is 0 Å². The SMILES string of the molecule is C=Cn1c2ccccc2c2c(-c3cccc(-n4c5ccccc5c5ccccc54)c3)cccc21. The summed E-state index contributed by atoms with van der Waals surface area (Å²) >= 11 is 0. The van der Waals surface area contributed by atoms with Crippen molar-refractivity contribution in [3.8, 4) is 16.8 Å². The van der Waals surface area contributed by atoms with Gasteiger partial charge in [0.2, 0.25) is 0 Å². The van der Waals surface area contributed by atoms with Gasteiger partial charge in [-0.05, 0) is 47.5 Å². The Bertz CT molecular complexity index is 1830. The average Bonchev–Trinajstić information content (AvgIpc) is 3.41. The Kier molecular flexibility index (Phi) is 4.03. The summed E-state index contributed by atoms with van der Waals surface area (Å²) < 4.78 is 4.56. The summed E-state index contributed by atoms with van der Waals surface area (Å²) in [5, 5.41) is 5.06. The topological polar surface area (TPSA) is 9.86 Å². The highest BCUT2D eigenvalue weighted by Crippen LogP contribution is 2.38. The standard InChI is InChI=1S/C32H22N2/c1-2-33-28-17-6-5-15-27(28)32-24(16-10-20-31(32)33)22-11-9-12-23(21-22)34-29-18-7-3-13-25(29)26-14-4-8-19-30(26)34/h2-21H,1H2. The van der Waals surface area contributed by atoms with Crippen LogP contribution in [-0.2, 0) is 0 Å². The van der Waals surface area contributed by atoms with Crippen LogP contribution >= 0.6 is 0 Å². The molecule has 0 atom stereocenters. The highest BCUT2D eigenvalue weighted by Gasteiger charge is 2.15. The highest BCUT2D eigenvalue weighted by atomic mass is 15.0. The minimum absolute atomic E-state index is 1.17. The van der Waals surface area contributed by atoms with Crippen LogP contribution in [0.15, 0.2) is 122 Å². The molecule has 0 radical (unpaired) electrons. The summed E-state index contributed by atoms with van der Waals surface area (Å²) in [7, 11) is 0. The fraction of sp³-hybridized carbons (Fsp3) is 0. The Morgan fingerprint density at radius 3 is 1.82 bits per heavy atom. The van der Waals surface area contributed by atoms with Crippen molar-refractivity contribution < 1.29 is 0 Å². The molecule has 0 saturated heterocycles. The first-order valence-corrected chi connectivity index (χ1v) is 11.6. The van der Waals surface area contributed by atoms with Gasteiger partial charge in [-0.25, -0.2) is 0 Å². The lowest BCUT2D eigenvalue weighted by molar-refractivity contribution is 1.18. The second-order valence-electron chi connectivity index (χ2n) is 8.69. The molecule has 7 aromatic rings. The molecule has 0 bridgehead atoms. The van der Waals surface area contributed by atoms with Gasteiger partial charge in [0.05, 0.1) is 22.1 Å². The maximum atomic E-state index is 4.07. The van der Waals surface area contributed by atoms with Gasteiger partial charge in [-0.15, -0.1) is 0 Å². The quantitative estimate of drug-likeness (QED) is 0.263. The molecule has 0 saturated carbocycles. The van der Waals surface area contributed by atoms with Crippen molar-refractivity contribution in [2.24, 2.45) is 0 Å². The fourth-order valence-corrected chi connectivity index (χ4v) is 5.50. The van der Waals surface area contributed by atoms with Crippen LogP contribution in [0.2, 0.25) is 0 Å². The molecule has 0 fully saturated rings. The Hall–Kier alpha value is -4.56. The number of benzene rings is 5. The van der Waals surface area contributed by atoms with E-state index in [1.165, 1.54) is 60.4 Å². The molecule has 7 rings (SSSR count). The Morgan fingerprint density at radius 2 is 1.12 bits per heavy atom. The van der Waals surface area contributed by atoms with Crippen LogP contribution < -0.4 is 0 Å². The molecular weight excluding hydrogens is 412 g/mol. The number of nitrogens with zero attached hydrogens (tertiary/aromatic N) is 2. The number of aromatic nitrogens is 2. The molecule has 0 unspecified atom stereocenters. The van der Waals surface area contributed by atoms with Crippen molar-refractivity contribution >= 4 is 49.8 Å². The Morgan fingerprint density at radius 1 is 0.529 bits per heavy atom. The third-order valence-corrected chi connectivity index (χ3v) is 6.91.